The molecule has 5 heteroatoms. The molecule has 52 heavy (non-hydrogen) atoms. The predicted octanol–water partition coefficient (Wildman–Crippen LogP) is 12.1. The molecule has 9 aromatic rings. The minimum absolute atomic E-state index is 0.744. The second-order valence-corrected chi connectivity index (χ2v) is 13.5. The summed E-state index contributed by atoms with van der Waals surface area (Å²) in [6.07, 6.45) is 5.96. The molecule has 0 radical (unpaired) electrons. The minimum Gasteiger partial charge on any atom is -0.457 e. The van der Waals surface area contributed by atoms with Gasteiger partial charge in [0, 0.05) is 46.4 Å². The third kappa shape index (κ3) is 5.72. The molecule has 0 aliphatic rings. The molecule has 3 heterocycles. The maximum Gasteiger partial charge on any atom is 0.137 e. The quantitative estimate of drug-likeness (QED) is 0.169. The zero-order valence-electron chi connectivity index (χ0n) is 29.3. The van der Waals surface area contributed by atoms with E-state index in [0.29, 0.717) is 0 Å². The van der Waals surface area contributed by atoms with Crippen LogP contribution in [0.15, 0.2) is 164 Å². The number of ether oxygens (including phenoxy) is 1. The summed E-state index contributed by atoms with van der Waals surface area (Å²) >= 11 is 0. The zero-order chi connectivity index (χ0) is 35.2. The molecule has 0 amide bonds. The van der Waals surface area contributed by atoms with Gasteiger partial charge in [0.15, 0.2) is 0 Å². The van der Waals surface area contributed by atoms with Gasteiger partial charge < -0.3 is 4.74 Å². The number of aromatic nitrogens is 4. The molecule has 0 unspecified atom stereocenters. The highest BCUT2D eigenvalue weighted by Crippen LogP contribution is 2.41. The lowest BCUT2D eigenvalue weighted by molar-refractivity contribution is 0.482. The fourth-order valence-corrected chi connectivity index (χ4v) is 7.34. The Morgan fingerprint density at radius 3 is 1.92 bits per heavy atom. The van der Waals surface area contributed by atoms with Crippen molar-refractivity contribution in [1.82, 2.24) is 19.3 Å². The first-order valence-corrected chi connectivity index (χ1v) is 17.6. The minimum atomic E-state index is 0.744. The maximum absolute atomic E-state index is 6.62. The first-order valence-electron chi connectivity index (χ1n) is 17.6. The molecule has 0 saturated heterocycles. The van der Waals surface area contributed by atoms with Gasteiger partial charge in [0.05, 0.1) is 22.9 Å². The average molecular weight is 673 g/mol. The molecule has 6 aromatic carbocycles. The van der Waals surface area contributed by atoms with Gasteiger partial charge >= 0.3 is 0 Å². The largest absolute Gasteiger partial charge is 0.457 e. The Morgan fingerprint density at radius 2 is 1.19 bits per heavy atom. The zero-order valence-corrected chi connectivity index (χ0v) is 29.3. The standard InChI is InChI=1S/C47H36N4O/c1-31-20-21-48-46(26-31)51-44-17-11-10-16-40(44)41-19-18-38(28-45(41)51)52-39-23-32(2)22-37(27-39)50-30-36(29-49-50)47-42(34-12-6-4-7-13-34)24-33(3)25-43(47)35-14-8-5-9-15-35/h4-30H,1-3H3. The van der Waals surface area contributed by atoms with Gasteiger partial charge in [-0.05, 0) is 102 Å². The van der Waals surface area contributed by atoms with Crippen LogP contribution < -0.4 is 4.74 Å². The first-order chi connectivity index (χ1) is 25.5. The second-order valence-electron chi connectivity index (χ2n) is 13.5. The Balaban J connectivity index is 1.11. The van der Waals surface area contributed by atoms with Gasteiger partial charge in [-0.2, -0.15) is 5.10 Å². The molecule has 250 valence electrons. The number of rotatable bonds is 7. The summed E-state index contributed by atoms with van der Waals surface area (Å²) in [5, 5.41) is 7.25. The first kappa shape index (κ1) is 31.3. The number of nitrogens with zero attached hydrogens (tertiary/aromatic N) is 4. The summed E-state index contributed by atoms with van der Waals surface area (Å²) in [5.74, 6) is 2.38. The molecule has 0 bridgehead atoms. The summed E-state index contributed by atoms with van der Waals surface area (Å²) in [6.45, 7) is 6.35. The van der Waals surface area contributed by atoms with Crippen molar-refractivity contribution in [3.63, 3.8) is 0 Å². The summed E-state index contributed by atoms with van der Waals surface area (Å²) in [7, 11) is 0. The molecule has 0 aliphatic heterocycles. The lowest BCUT2D eigenvalue weighted by Gasteiger charge is -2.16. The molecule has 9 rings (SSSR count). The van der Waals surface area contributed by atoms with E-state index in [9.17, 15) is 0 Å². The highest BCUT2D eigenvalue weighted by atomic mass is 16.5. The Kier molecular flexibility index (Phi) is 7.74. The fraction of sp³-hybridized carbons (Fsp3) is 0.0638. The van der Waals surface area contributed by atoms with Crippen LogP contribution in [-0.4, -0.2) is 19.3 Å². The predicted molar refractivity (Wildman–Crippen MR) is 213 cm³/mol. The normalized spacial score (nSPS) is 11.4. The molecular formula is C47H36N4O. The molecule has 0 fully saturated rings. The second kappa shape index (κ2) is 12.9. The van der Waals surface area contributed by atoms with Crippen molar-refractivity contribution in [3.8, 4) is 56.4 Å². The van der Waals surface area contributed by atoms with Gasteiger partial charge in [-0.15, -0.1) is 0 Å². The van der Waals surface area contributed by atoms with Crippen LogP contribution in [-0.2, 0) is 0 Å². The van der Waals surface area contributed by atoms with Crippen molar-refractivity contribution in [2.24, 2.45) is 0 Å². The van der Waals surface area contributed by atoms with Gasteiger partial charge in [-0.3, -0.25) is 4.57 Å². The Labute approximate surface area is 303 Å². The molecule has 0 aliphatic carbocycles. The van der Waals surface area contributed by atoms with Crippen molar-refractivity contribution in [1.29, 1.82) is 0 Å². The van der Waals surface area contributed by atoms with Crippen molar-refractivity contribution < 1.29 is 4.74 Å². The molecule has 5 nitrogen and oxygen atoms in total. The van der Waals surface area contributed by atoms with Crippen LogP contribution in [0.25, 0.3) is 66.7 Å². The molecule has 0 N–H and O–H groups in total. The number of benzene rings is 6. The SMILES string of the molecule is Cc1cc(Oc2ccc3c4ccccc4n(-c4cc(C)ccn4)c3c2)cc(-n2cc(-c3c(-c4ccccc4)cc(C)cc3-c3ccccc3)cn2)c1. The number of hydrogen-bond acceptors (Lipinski definition) is 3. The van der Waals surface area contributed by atoms with Crippen LogP contribution in [0.4, 0.5) is 0 Å². The van der Waals surface area contributed by atoms with E-state index in [1.54, 1.807) is 0 Å². The van der Waals surface area contributed by atoms with Crippen LogP contribution in [0.1, 0.15) is 16.7 Å². The summed E-state index contributed by atoms with van der Waals surface area (Å²) in [5.41, 5.74) is 13.4. The van der Waals surface area contributed by atoms with E-state index in [2.05, 4.69) is 165 Å². The van der Waals surface area contributed by atoms with Crippen LogP contribution in [0.5, 0.6) is 11.5 Å². The van der Waals surface area contributed by atoms with Crippen LogP contribution in [0, 0.1) is 20.8 Å². The van der Waals surface area contributed by atoms with E-state index in [0.717, 1.165) is 61.7 Å². The van der Waals surface area contributed by atoms with Gasteiger partial charge in [-0.1, -0.05) is 91.0 Å². The third-order valence-electron chi connectivity index (χ3n) is 9.63. The number of pyridine rings is 1. The molecule has 0 spiro atoms. The smallest absolute Gasteiger partial charge is 0.137 e. The van der Waals surface area contributed by atoms with Gasteiger partial charge in [-0.25, -0.2) is 9.67 Å². The maximum atomic E-state index is 6.62. The molecule has 0 atom stereocenters. The van der Waals surface area contributed by atoms with Crippen LogP contribution >= 0.6 is 0 Å². The van der Waals surface area contributed by atoms with E-state index in [4.69, 9.17) is 14.8 Å². The van der Waals surface area contributed by atoms with E-state index >= 15 is 0 Å². The number of hydrogen-bond donors (Lipinski definition) is 0. The topological polar surface area (TPSA) is 44.9 Å². The van der Waals surface area contributed by atoms with Crippen molar-refractivity contribution >= 4 is 21.8 Å². The monoisotopic (exact) mass is 672 g/mol. The van der Waals surface area contributed by atoms with E-state index in [1.807, 2.05) is 29.2 Å². The van der Waals surface area contributed by atoms with E-state index in [-0.39, 0.29) is 0 Å². The van der Waals surface area contributed by atoms with Crippen molar-refractivity contribution in [3.05, 3.63) is 181 Å². The Bertz CT molecular complexity index is 2680. The lowest BCUT2D eigenvalue weighted by Crippen LogP contribution is -1.98. The van der Waals surface area contributed by atoms with Gasteiger partial charge in [0.1, 0.15) is 17.3 Å². The third-order valence-corrected chi connectivity index (χ3v) is 9.63. The number of aryl methyl sites for hydroxylation is 3. The molecular weight excluding hydrogens is 637 g/mol. The molecule has 3 aromatic heterocycles. The number of para-hydroxylation sites is 1. The highest BCUT2D eigenvalue weighted by Gasteiger charge is 2.18. The van der Waals surface area contributed by atoms with E-state index in [1.165, 1.54) is 33.2 Å². The Morgan fingerprint density at radius 1 is 0.519 bits per heavy atom. The number of fused-ring (bicyclic) bond motifs is 3. The van der Waals surface area contributed by atoms with E-state index < -0.39 is 0 Å². The average Bonchev–Trinajstić information content (AvgIpc) is 3.78. The summed E-state index contributed by atoms with van der Waals surface area (Å²) < 4.78 is 10.8. The van der Waals surface area contributed by atoms with Crippen LogP contribution in [0.3, 0.4) is 0 Å². The fourth-order valence-electron chi connectivity index (χ4n) is 7.34. The van der Waals surface area contributed by atoms with Crippen molar-refractivity contribution in [2.75, 3.05) is 0 Å². The van der Waals surface area contributed by atoms with Crippen LogP contribution in [0.2, 0.25) is 0 Å². The summed E-state index contributed by atoms with van der Waals surface area (Å²) in [4.78, 5) is 4.74. The Hall–Kier alpha value is -6.72. The molecule has 0 saturated carbocycles. The summed E-state index contributed by atoms with van der Waals surface area (Å²) in [6, 6.07) is 50.9. The van der Waals surface area contributed by atoms with Gasteiger partial charge in [0.25, 0.3) is 0 Å². The van der Waals surface area contributed by atoms with Crippen molar-refractivity contribution in [2.45, 2.75) is 20.8 Å². The lowest BCUT2D eigenvalue weighted by atomic mass is 9.87. The highest BCUT2D eigenvalue weighted by molar-refractivity contribution is 6.09. The van der Waals surface area contributed by atoms with Gasteiger partial charge in [0.2, 0.25) is 0 Å².